The van der Waals surface area contributed by atoms with Crippen LogP contribution >= 0.6 is 0 Å². The van der Waals surface area contributed by atoms with Gasteiger partial charge in [0.05, 0.1) is 17.0 Å². The number of nitrogens with zero attached hydrogens (tertiary/aromatic N) is 1. The fourth-order valence-electron chi connectivity index (χ4n) is 2.00. The second-order valence-electron chi connectivity index (χ2n) is 4.07. The van der Waals surface area contributed by atoms with E-state index in [1.807, 2.05) is 30.3 Å². The molecule has 0 fully saturated rings. The Bertz CT molecular complexity index is 590. The molecule has 0 aromatic heterocycles. The third kappa shape index (κ3) is 1.75. The van der Waals surface area contributed by atoms with Crippen LogP contribution in [0.1, 0.15) is 15.9 Å². The molecule has 0 aliphatic carbocycles. The highest BCUT2D eigenvalue weighted by atomic mass is 32.2. The molecule has 4 heteroatoms. The monoisotopic (exact) mass is 257 g/mol. The summed E-state index contributed by atoms with van der Waals surface area (Å²) >= 11 is 0. The van der Waals surface area contributed by atoms with Crippen LogP contribution in [0.3, 0.4) is 0 Å². The van der Waals surface area contributed by atoms with Crippen LogP contribution in [0, 0.1) is 0 Å². The predicted molar refractivity (Wildman–Crippen MR) is 69.2 cm³/mol. The molecule has 90 valence electrons. The topological polar surface area (TPSA) is 37.4 Å². The van der Waals surface area contributed by atoms with Gasteiger partial charge in [-0.05, 0) is 17.7 Å². The first-order valence-corrected chi connectivity index (χ1v) is 6.75. The minimum Gasteiger partial charge on any atom is -0.268 e. The summed E-state index contributed by atoms with van der Waals surface area (Å²) in [7, 11) is -1.38. The molecule has 1 aliphatic heterocycles. The smallest absolute Gasteiger partial charge is 0.267 e. The van der Waals surface area contributed by atoms with Gasteiger partial charge in [-0.25, -0.2) is 8.51 Å². The molecular formula is C14H11NO2S. The molecule has 0 saturated heterocycles. The number of hydrogen-bond donors (Lipinski definition) is 0. The predicted octanol–water partition coefficient (Wildman–Crippen LogP) is 2.37. The molecule has 1 amide bonds. The normalized spacial score (nSPS) is 17.9. The van der Waals surface area contributed by atoms with Crippen LogP contribution < -0.4 is 0 Å². The average Bonchev–Trinajstić information content (AvgIpc) is 2.66. The van der Waals surface area contributed by atoms with Crippen molar-refractivity contribution in [3.05, 3.63) is 65.7 Å². The summed E-state index contributed by atoms with van der Waals surface area (Å²) in [6.45, 7) is 0.376. The van der Waals surface area contributed by atoms with Gasteiger partial charge in [-0.2, -0.15) is 0 Å². The van der Waals surface area contributed by atoms with Crippen LogP contribution in [0.2, 0.25) is 0 Å². The molecule has 2 aromatic carbocycles. The third-order valence-corrected chi connectivity index (χ3v) is 4.33. The number of carbonyl (C=O) groups is 1. The molecule has 0 bridgehead atoms. The first-order chi connectivity index (χ1) is 8.77. The summed E-state index contributed by atoms with van der Waals surface area (Å²) in [6, 6.07) is 16.6. The minimum absolute atomic E-state index is 0.159. The number of hydrogen-bond acceptors (Lipinski definition) is 2. The fraction of sp³-hybridized carbons (Fsp3) is 0.0714. The summed E-state index contributed by atoms with van der Waals surface area (Å²) < 4.78 is 13.6. The van der Waals surface area contributed by atoms with E-state index in [0.29, 0.717) is 17.0 Å². The summed E-state index contributed by atoms with van der Waals surface area (Å²) in [4.78, 5) is 12.8. The fourth-order valence-corrected chi connectivity index (χ4v) is 3.29. The van der Waals surface area contributed by atoms with E-state index in [2.05, 4.69) is 0 Å². The van der Waals surface area contributed by atoms with Crippen molar-refractivity contribution < 1.29 is 9.00 Å². The molecule has 3 rings (SSSR count). The third-order valence-electron chi connectivity index (χ3n) is 2.90. The van der Waals surface area contributed by atoms with Crippen molar-refractivity contribution in [2.24, 2.45) is 0 Å². The summed E-state index contributed by atoms with van der Waals surface area (Å²) in [5.41, 5.74) is 1.53. The number of carbonyl (C=O) groups excluding carboxylic acids is 1. The maximum atomic E-state index is 12.2. The zero-order valence-corrected chi connectivity index (χ0v) is 10.4. The van der Waals surface area contributed by atoms with Crippen LogP contribution in [0.15, 0.2) is 59.5 Å². The maximum absolute atomic E-state index is 12.2. The summed E-state index contributed by atoms with van der Waals surface area (Å²) in [5.74, 6) is -0.159. The summed E-state index contributed by atoms with van der Waals surface area (Å²) in [6.07, 6.45) is 0. The van der Waals surface area contributed by atoms with E-state index < -0.39 is 11.0 Å². The Morgan fingerprint density at radius 2 is 1.61 bits per heavy atom. The van der Waals surface area contributed by atoms with Crippen LogP contribution in [0.5, 0.6) is 0 Å². The molecule has 1 unspecified atom stereocenters. The van der Waals surface area contributed by atoms with E-state index >= 15 is 0 Å². The van der Waals surface area contributed by atoms with Crippen molar-refractivity contribution in [1.29, 1.82) is 0 Å². The Hall–Kier alpha value is -1.94. The van der Waals surface area contributed by atoms with E-state index in [0.717, 1.165) is 5.56 Å². The van der Waals surface area contributed by atoms with Gasteiger partial charge in [-0.1, -0.05) is 42.5 Å². The lowest BCUT2D eigenvalue weighted by Crippen LogP contribution is -2.25. The lowest BCUT2D eigenvalue weighted by atomic mass is 10.2. The molecule has 2 aromatic rings. The van der Waals surface area contributed by atoms with Crippen molar-refractivity contribution in [3.63, 3.8) is 0 Å². The van der Waals surface area contributed by atoms with Crippen molar-refractivity contribution in [2.45, 2.75) is 11.4 Å². The van der Waals surface area contributed by atoms with Gasteiger partial charge in [-0.3, -0.25) is 4.79 Å². The first-order valence-electron chi connectivity index (χ1n) is 5.64. The molecule has 1 aliphatic rings. The van der Waals surface area contributed by atoms with Gasteiger partial charge in [0.1, 0.15) is 0 Å². The van der Waals surface area contributed by atoms with Gasteiger partial charge < -0.3 is 0 Å². The lowest BCUT2D eigenvalue weighted by molar-refractivity contribution is 0.0869. The zero-order chi connectivity index (χ0) is 12.5. The standard InChI is InChI=1S/C14H11NO2S/c16-14-12-8-4-5-9-13(12)18(17)15(14)10-11-6-2-1-3-7-11/h1-9H,10H2. The van der Waals surface area contributed by atoms with Crippen molar-refractivity contribution in [3.8, 4) is 0 Å². The first kappa shape index (κ1) is 11.2. The maximum Gasteiger partial charge on any atom is 0.267 e. The SMILES string of the molecule is O=C1c2ccccc2S(=O)N1Cc1ccccc1. The molecule has 0 N–H and O–H groups in total. The van der Waals surface area contributed by atoms with Crippen LogP contribution in [-0.2, 0) is 17.5 Å². The molecule has 1 atom stereocenters. The van der Waals surface area contributed by atoms with E-state index in [4.69, 9.17) is 0 Å². The highest BCUT2D eigenvalue weighted by molar-refractivity contribution is 7.83. The van der Waals surface area contributed by atoms with E-state index in [9.17, 15) is 9.00 Å². The Balaban J connectivity index is 1.93. The number of amides is 1. The summed E-state index contributed by atoms with van der Waals surface area (Å²) in [5, 5.41) is 0. The van der Waals surface area contributed by atoms with E-state index in [1.54, 1.807) is 24.3 Å². The second-order valence-corrected chi connectivity index (χ2v) is 5.45. The quantitative estimate of drug-likeness (QED) is 0.828. The lowest BCUT2D eigenvalue weighted by Gasteiger charge is -2.13. The highest BCUT2D eigenvalue weighted by Gasteiger charge is 2.33. The Morgan fingerprint density at radius 3 is 2.33 bits per heavy atom. The number of rotatable bonds is 2. The van der Waals surface area contributed by atoms with Crippen molar-refractivity contribution >= 4 is 16.9 Å². The van der Waals surface area contributed by atoms with Crippen LogP contribution in [0.4, 0.5) is 0 Å². The number of fused-ring (bicyclic) bond motifs is 1. The van der Waals surface area contributed by atoms with Crippen molar-refractivity contribution in [2.75, 3.05) is 0 Å². The van der Waals surface area contributed by atoms with E-state index in [-0.39, 0.29) is 5.91 Å². The van der Waals surface area contributed by atoms with Crippen LogP contribution in [-0.4, -0.2) is 14.4 Å². The number of benzene rings is 2. The van der Waals surface area contributed by atoms with Gasteiger partial charge in [0.15, 0.2) is 11.0 Å². The molecular weight excluding hydrogens is 246 g/mol. The molecule has 0 spiro atoms. The van der Waals surface area contributed by atoms with Crippen LogP contribution in [0.25, 0.3) is 0 Å². The van der Waals surface area contributed by atoms with Gasteiger partial charge in [0, 0.05) is 0 Å². The second kappa shape index (κ2) is 4.38. The molecule has 0 radical (unpaired) electrons. The van der Waals surface area contributed by atoms with E-state index in [1.165, 1.54) is 4.31 Å². The minimum atomic E-state index is -1.38. The highest BCUT2D eigenvalue weighted by Crippen LogP contribution is 2.27. The zero-order valence-electron chi connectivity index (χ0n) is 9.58. The Kier molecular flexibility index (Phi) is 2.72. The average molecular weight is 257 g/mol. The van der Waals surface area contributed by atoms with Crippen molar-refractivity contribution in [1.82, 2.24) is 4.31 Å². The van der Waals surface area contributed by atoms with Gasteiger partial charge in [0.25, 0.3) is 5.91 Å². The van der Waals surface area contributed by atoms with Gasteiger partial charge in [0.2, 0.25) is 0 Å². The Morgan fingerprint density at radius 1 is 0.944 bits per heavy atom. The molecule has 3 nitrogen and oxygen atoms in total. The Labute approximate surface area is 108 Å². The molecule has 1 heterocycles. The van der Waals surface area contributed by atoms with Gasteiger partial charge in [-0.15, -0.1) is 0 Å². The largest absolute Gasteiger partial charge is 0.268 e. The van der Waals surface area contributed by atoms with Gasteiger partial charge >= 0.3 is 0 Å². The molecule has 0 saturated carbocycles. The molecule has 18 heavy (non-hydrogen) atoms.